The van der Waals surface area contributed by atoms with E-state index in [0.717, 1.165) is 4.90 Å². The second-order valence-electron chi connectivity index (χ2n) is 7.05. The predicted molar refractivity (Wildman–Crippen MR) is 107 cm³/mol. The Morgan fingerprint density at radius 3 is 2.74 bits per heavy atom. The number of halogens is 3. The van der Waals surface area contributed by atoms with Crippen molar-refractivity contribution < 1.29 is 37.8 Å². The molecule has 170 valence electrons. The van der Waals surface area contributed by atoms with Gasteiger partial charge in [0.05, 0.1) is 11.8 Å². The first-order chi connectivity index (χ1) is 14.7. The quantitative estimate of drug-likeness (QED) is 0.538. The zero-order chi connectivity index (χ0) is 23.0. The van der Waals surface area contributed by atoms with E-state index in [1.807, 2.05) is 0 Å². The smallest absolute Gasteiger partial charge is 0.410 e. The van der Waals surface area contributed by atoms with Crippen LogP contribution in [0, 0.1) is 0 Å². The van der Waals surface area contributed by atoms with Crippen molar-refractivity contribution in [2.75, 3.05) is 19.8 Å². The molecule has 0 aromatic heterocycles. The molecule has 1 heterocycles. The van der Waals surface area contributed by atoms with Crippen molar-refractivity contribution in [3.8, 4) is 0 Å². The maximum Gasteiger partial charge on any atom is 0.410 e. The van der Waals surface area contributed by atoms with Crippen molar-refractivity contribution >= 4 is 35.4 Å². The first kappa shape index (κ1) is 24.5. The molecule has 31 heavy (non-hydrogen) atoms. The molecule has 0 aromatic carbocycles. The SMILES string of the molecule is O=C(O)CC(NC(=O)[C@@H]1CCCCN1C(=O)OCC1=CC(Cl)C=CC=C1F)C(=O)CF. The molecule has 2 aliphatic rings. The summed E-state index contributed by atoms with van der Waals surface area (Å²) in [6.45, 7) is -1.66. The van der Waals surface area contributed by atoms with E-state index in [2.05, 4.69) is 5.32 Å². The maximum absolute atomic E-state index is 14.0. The highest BCUT2D eigenvalue weighted by Gasteiger charge is 2.35. The number of carbonyl (C=O) groups is 4. The van der Waals surface area contributed by atoms with Gasteiger partial charge >= 0.3 is 12.1 Å². The van der Waals surface area contributed by atoms with Gasteiger partial charge in [0.15, 0.2) is 5.78 Å². The van der Waals surface area contributed by atoms with Crippen molar-refractivity contribution in [2.24, 2.45) is 0 Å². The Morgan fingerprint density at radius 2 is 2.06 bits per heavy atom. The van der Waals surface area contributed by atoms with Crippen LogP contribution in [0.1, 0.15) is 25.7 Å². The lowest BCUT2D eigenvalue weighted by molar-refractivity contribution is -0.140. The molecule has 3 atom stereocenters. The third-order valence-electron chi connectivity index (χ3n) is 4.81. The molecule has 8 nitrogen and oxygen atoms in total. The van der Waals surface area contributed by atoms with Gasteiger partial charge in [0, 0.05) is 12.1 Å². The molecular formula is C20H23ClF2N2O6. The average molecular weight is 461 g/mol. The Kier molecular flexibility index (Phi) is 9.17. The van der Waals surface area contributed by atoms with Gasteiger partial charge in [-0.3, -0.25) is 19.3 Å². The number of nitrogens with zero attached hydrogens (tertiary/aromatic N) is 1. The molecule has 2 amide bonds. The van der Waals surface area contributed by atoms with Crippen molar-refractivity contribution in [1.82, 2.24) is 10.2 Å². The van der Waals surface area contributed by atoms with Gasteiger partial charge in [-0.2, -0.15) is 0 Å². The standard InChI is InChI=1S/C20H23ClF2N2O6/c21-13-4-3-5-14(23)12(8-13)11-31-20(30)25-7-2-1-6-16(25)19(29)24-15(9-18(27)28)17(26)10-22/h3-5,8,13,15-16H,1-2,6-7,9-11H2,(H,24,29)(H,27,28)/t13?,15?,16-/m0/s1. The van der Waals surface area contributed by atoms with Crippen LogP contribution in [0.2, 0.25) is 0 Å². The number of hydrogen-bond acceptors (Lipinski definition) is 5. The van der Waals surface area contributed by atoms with Crippen LogP contribution in [0.4, 0.5) is 13.6 Å². The second kappa shape index (κ2) is 11.6. The van der Waals surface area contributed by atoms with E-state index in [1.54, 1.807) is 6.08 Å². The minimum absolute atomic E-state index is 0.0754. The summed E-state index contributed by atoms with van der Waals surface area (Å²) >= 11 is 5.97. The Balaban J connectivity index is 2.05. The van der Waals surface area contributed by atoms with Gasteiger partial charge in [0.2, 0.25) is 5.91 Å². The fraction of sp³-hybridized carbons (Fsp3) is 0.500. The third-order valence-corrected chi connectivity index (χ3v) is 5.08. The second-order valence-corrected chi connectivity index (χ2v) is 7.56. The zero-order valence-electron chi connectivity index (χ0n) is 16.6. The van der Waals surface area contributed by atoms with Crippen molar-refractivity contribution in [1.29, 1.82) is 0 Å². The fourth-order valence-corrected chi connectivity index (χ4v) is 3.46. The Bertz CT molecular complexity index is 813. The van der Waals surface area contributed by atoms with Crippen LogP contribution in [-0.2, 0) is 19.1 Å². The average Bonchev–Trinajstić information content (AvgIpc) is 2.90. The molecule has 0 saturated carbocycles. The number of piperidine rings is 1. The first-order valence-corrected chi connectivity index (χ1v) is 10.1. The number of hydrogen-bond donors (Lipinski definition) is 2. The molecule has 0 spiro atoms. The van der Waals surface area contributed by atoms with Gasteiger partial charge < -0.3 is 15.2 Å². The summed E-state index contributed by atoms with van der Waals surface area (Å²) in [5, 5.41) is 10.5. The van der Waals surface area contributed by atoms with Gasteiger partial charge in [-0.15, -0.1) is 11.6 Å². The maximum atomic E-state index is 14.0. The Hall–Kier alpha value is -2.75. The summed E-state index contributed by atoms with van der Waals surface area (Å²) in [6.07, 6.45) is 5.35. The molecule has 2 unspecified atom stereocenters. The molecule has 1 aliphatic carbocycles. The van der Waals surface area contributed by atoms with Crippen LogP contribution in [0.15, 0.2) is 35.7 Å². The number of nitrogens with one attached hydrogen (secondary N) is 1. The normalized spacial score (nSPS) is 22.0. The van der Waals surface area contributed by atoms with Crippen molar-refractivity contribution in [2.45, 2.75) is 43.1 Å². The number of carboxylic acid groups (broad SMARTS) is 1. The molecule has 1 aliphatic heterocycles. The number of ether oxygens (including phenoxy) is 1. The summed E-state index contributed by atoms with van der Waals surface area (Å²) < 4.78 is 31.9. The van der Waals surface area contributed by atoms with Crippen LogP contribution < -0.4 is 5.32 Å². The minimum atomic E-state index is -1.54. The lowest BCUT2D eigenvalue weighted by Gasteiger charge is -2.34. The minimum Gasteiger partial charge on any atom is -0.481 e. The van der Waals surface area contributed by atoms with E-state index in [4.69, 9.17) is 21.4 Å². The van der Waals surface area contributed by atoms with Gasteiger partial charge in [0.1, 0.15) is 31.2 Å². The van der Waals surface area contributed by atoms with E-state index in [9.17, 15) is 28.0 Å². The lowest BCUT2D eigenvalue weighted by Crippen LogP contribution is -2.55. The van der Waals surface area contributed by atoms with Gasteiger partial charge in [0.25, 0.3) is 0 Å². The number of aliphatic carboxylic acids is 1. The molecular weight excluding hydrogens is 438 g/mol. The van der Waals surface area contributed by atoms with Crippen LogP contribution in [-0.4, -0.2) is 71.0 Å². The van der Waals surface area contributed by atoms with E-state index in [-0.39, 0.29) is 18.5 Å². The number of allylic oxidation sites excluding steroid dienone is 4. The highest BCUT2D eigenvalue weighted by atomic mass is 35.5. The van der Waals surface area contributed by atoms with Crippen LogP contribution in [0.5, 0.6) is 0 Å². The fourth-order valence-electron chi connectivity index (χ4n) is 3.22. The largest absolute Gasteiger partial charge is 0.481 e. The molecule has 0 aromatic rings. The third kappa shape index (κ3) is 7.16. The molecule has 1 fully saturated rings. The van der Waals surface area contributed by atoms with E-state index in [0.29, 0.717) is 12.8 Å². The highest BCUT2D eigenvalue weighted by Crippen LogP contribution is 2.22. The van der Waals surface area contributed by atoms with Gasteiger partial charge in [-0.05, 0) is 25.3 Å². The van der Waals surface area contributed by atoms with Crippen molar-refractivity contribution in [3.63, 3.8) is 0 Å². The zero-order valence-corrected chi connectivity index (χ0v) is 17.3. The summed E-state index contributed by atoms with van der Waals surface area (Å²) in [5.74, 6) is -3.85. The van der Waals surface area contributed by atoms with Gasteiger partial charge in [-0.25, -0.2) is 13.6 Å². The van der Waals surface area contributed by atoms with E-state index < -0.39 is 66.7 Å². The number of ketones is 1. The number of amides is 2. The van der Waals surface area contributed by atoms with E-state index >= 15 is 0 Å². The summed E-state index contributed by atoms with van der Waals surface area (Å²) in [5.41, 5.74) is 0.0754. The number of carboxylic acids is 1. The summed E-state index contributed by atoms with van der Waals surface area (Å²) in [7, 11) is 0. The van der Waals surface area contributed by atoms with Crippen LogP contribution in [0.25, 0.3) is 0 Å². The molecule has 11 heteroatoms. The number of alkyl halides is 2. The van der Waals surface area contributed by atoms with Gasteiger partial charge in [-0.1, -0.05) is 18.2 Å². The molecule has 0 radical (unpaired) electrons. The predicted octanol–water partition coefficient (Wildman–Crippen LogP) is 2.43. The number of rotatable bonds is 8. The molecule has 2 rings (SSSR count). The Morgan fingerprint density at radius 1 is 1.32 bits per heavy atom. The topological polar surface area (TPSA) is 113 Å². The van der Waals surface area contributed by atoms with Crippen LogP contribution >= 0.6 is 11.6 Å². The monoisotopic (exact) mass is 460 g/mol. The first-order valence-electron chi connectivity index (χ1n) is 9.66. The number of likely N-dealkylation sites (tertiary alicyclic amines) is 1. The molecule has 1 saturated heterocycles. The van der Waals surface area contributed by atoms with E-state index in [1.165, 1.54) is 18.2 Å². The van der Waals surface area contributed by atoms with Crippen LogP contribution in [0.3, 0.4) is 0 Å². The van der Waals surface area contributed by atoms with Crippen molar-refractivity contribution in [3.05, 3.63) is 35.7 Å². The Labute approximate surface area is 182 Å². The summed E-state index contributed by atoms with van der Waals surface area (Å²) in [6, 6.07) is -2.57. The molecule has 2 N–H and O–H groups in total. The molecule has 0 bridgehead atoms. The summed E-state index contributed by atoms with van der Waals surface area (Å²) in [4.78, 5) is 48.9. The lowest BCUT2D eigenvalue weighted by atomic mass is 10.0. The number of carbonyl (C=O) groups excluding carboxylic acids is 3. The highest BCUT2D eigenvalue weighted by molar-refractivity contribution is 6.23. The number of Topliss-reactive ketones (excluding diaryl/α,β-unsaturated/α-hetero) is 1.